The lowest BCUT2D eigenvalue weighted by Gasteiger charge is -2.14. The molecule has 3 N–H and O–H groups in total. The summed E-state index contributed by atoms with van der Waals surface area (Å²) in [4.78, 5) is 11.5. The second kappa shape index (κ2) is 5.57. The fourth-order valence-electron chi connectivity index (χ4n) is 2.09. The maximum Gasteiger partial charge on any atom is 0.311 e. The largest absolute Gasteiger partial charge is 0.481 e. The Hall–Kier alpha value is -2.29. The summed E-state index contributed by atoms with van der Waals surface area (Å²) in [5.41, 5.74) is 9.31. The van der Waals surface area contributed by atoms with Crippen LogP contribution in [0, 0.1) is 6.92 Å². The van der Waals surface area contributed by atoms with E-state index in [4.69, 9.17) is 5.73 Å². The molecule has 0 amide bonds. The second-order valence-electron chi connectivity index (χ2n) is 4.70. The maximum absolute atomic E-state index is 11.5. The quantitative estimate of drug-likeness (QED) is 0.825. The van der Waals surface area contributed by atoms with Crippen LogP contribution in [0.4, 0.5) is 5.69 Å². The van der Waals surface area contributed by atoms with Crippen LogP contribution in [0.5, 0.6) is 0 Å². The normalized spacial score (nSPS) is 12.1. The number of hydrogen-bond donors (Lipinski definition) is 2. The Balaban J connectivity index is 2.29. The van der Waals surface area contributed by atoms with Gasteiger partial charge in [-0.3, -0.25) is 4.79 Å². The molecule has 2 aromatic rings. The topological polar surface area (TPSA) is 63.3 Å². The Kier molecular flexibility index (Phi) is 3.85. The Labute approximate surface area is 112 Å². The van der Waals surface area contributed by atoms with E-state index in [2.05, 4.69) is 0 Å². The highest BCUT2D eigenvalue weighted by Crippen LogP contribution is 2.24. The van der Waals surface area contributed by atoms with Gasteiger partial charge in [-0.15, -0.1) is 0 Å². The zero-order valence-corrected chi connectivity index (χ0v) is 10.8. The molecule has 98 valence electrons. The van der Waals surface area contributed by atoms with Gasteiger partial charge < -0.3 is 10.8 Å². The van der Waals surface area contributed by atoms with Crippen molar-refractivity contribution in [3.05, 3.63) is 65.2 Å². The lowest BCUT2D eigenvalue weighted by molar-refractivity contribution is -0.138. The van der Waals surface area contributed by atoms with Crippen molar-refractivity contribution in [3.63, 3.8) is 0 Å². The number of para-hydroxylation sites is 1. The summed E-state index contributed by atoms with van der Waals surface area (Å²) in [5.74, 6) is -1.39. The van der Waals surface area contributed by atoms with Crippen LogP contribution in [0.1, 0.15) is 22.6 Å². The highest BCUT2D eigenvalue weighted by molar-refractivity contribution is 5.77. The number of aryl methyl sites for hydroxylation is 1. The summed E-state index contributed by atoms with van der Waals surface area (Å²) in [6, 6.07) is 15.0. The average molecular weight is 255 g/mol. The van der Waals surface area contributed by atoms with Crippen LogP contribution in [-0.4, -0.2) is 11.1 Å². The zero-order chi connectivity index (χ0) is 13.8. The lowest BCUT2D eigenvalue weighted by Crippen LogP contribution is -2.15. The van der Waals surface area contributed by atoms with Gasteiger partial charge in [0.15, 0.2) is 0 Å². The van der Waals surface area contributed by atoms with Crippen LogP contribution in [0.3, 0.4) is 0 Å². The lowest BCUT2D eigenvalue weighted by atomic mass is 9.91. The van der Waals surface area contributed by atoms with Crippen LogP contribution in [0.2, 0.25) is 0 Å². The molecule has 0 aromatic heterocycles. The number of nitrogens with two attached hydrogens (primary N) is 1. The molecule has 0 aliphatic rings. The molecule has 0 aliphatic carbocycles. The number of carboxylic acids is 1. The van der Waals surface area contributed by atoms with Gasteiger partial charge in [-0.25, -0.2) is 0 Å². The SMILES string of the molecule is Cc1ccc(C(Cc2ccccc2N)C(=O)O)cc1. The first-order chi connectivity index (χ1) is 9.08. The molecule has 0 fully saturated rings. The van der Waals surface area contributed by atoms with Crippen molar-refractivity contribution in [3.8, 4) is 0 Å². The van der Waals surface area contributed by atoms with Crippen molar-refractivity contribution in [1.82, 2.24) is 0 Å². The standard InChI is InChI=1S/C16H17NO2/c1-11-6-8-12(9-7-11)14(16(18)19)10-13-4-2-3-5-15(13)17/h2-9,14H,10,17H2,1H3,(H,18,19). The van der Waals surface area contributed by atoms with E-state index in [0.717, 1.165) is 16.7 Å². The van der Waals surface area contributed by atoms with E-state index in [1.165, 1.54) is 0 Å². The molecule has 2 rings (SSSR count). The first-order valence-corrected chi connectivity index (χ1v) is 6.20. The minimum Gasteiger partial charge on any atom is -0.481 e. The van der Waals surface area contributed by atoms with Crippen LogP contribution in [-0.2, 0) is 11.2 Å². The third-order valence-electron chi connectivity index (χ3n) is 3.26. The van der Waals surface area contributed by atoms with Gasteiger partial charge in [-0.1, -0.05) is 48.0 Å². The van der Waals surface area contributed by atoms with Gasteiger partial charge in [0.1, 0.15) is 0 Å². The third-order valence-corrected chi connectivity index (χ3v) is 3.26. The first kappa shape index (κ1) is 13.1. The van der Waals surface area contributed by atoms with Crippen molar-refractivity contribution >= 4 is 11.7 Å². The van der Waals surface area contributed by atoms with E-state index >= 15 is 0 Å². The number of anilines is 1. The number of nitrogen functional groups attached to an aromatic ring is 1. The van der Waals surface area contributed by atoms with Crippen molar-refractivity contribution in [1.29, 1.82) is 0 Å². The fraction of sp³-hybridized carbons (Fsp3) is 0.188. The smallest absolute Gasteiger partial charge is 0.311 e. The number of benzene rings is 2. The van der Waals surface area contributed by atoms with Gasteiger partial charge in [-0.2, -0.15) is 0 Å². The summed E-state index contributed by atoms with van der Waals surface area (Å²) in [5, 5.41) is 9.41. The molecule has 0 spiro atoms. The number of hydrogen-bond acceptors (Lipinski definition) is 2. The van der Waals surface area contributed by atoms with E-state index in [1.54, 1.807) is 6.07 Å². The van der Waals surface area contributed by atoms with Crippen LogP contribution < -0.4 is 5.73 Å². The Bertz CT molecular complexity index is 576. The van der Waals surface area contributed by atoms with Crippen LogP contribution >= 0.6 is 0 Å². The Morgan fingerprint density at radius 1 is 1.16 bits per heavy atom. The van der Waals surface area contributed by atoms with Gasteiger partial charge in [0.25, 0.3) is 0 Å². The molecule has 0 aliphatic heterocycles. The van der Waals surface area contributed by atoms with E-state index in [0.29, 0.717) is 12.1 Å². The predicted molar refractivity (Wildman–Crippen MR) is 76.1 cm³/mol. The summed E-state index contributed by atoms with van der Waals surface area (Å²) in [6.45, 7) is 1.98. The second-order valence-corrected chi connectivity index (χ2v) is 4.70. The number of carbonyl (C=O) groups is 1. The molecule has 0 bridgehead atoms. The molecule has 0 heterocycles. The van der Waals surface area contributed by atoms with Crippen LogP contribution in [0.15, 0.2) is 48.5 Å². The summed E-state index contributed by atoms with van der Waals surface area (Å²) < 4.78 is 0. The molecular formula is C16H17NO2. The van der Waals surface area contributed by atoms with Gasteiger partial charge in [0.2, 0.25) is 0 Å². The van der Waals surface area contributed by atoms with Gasteiger partial charge in [0, 0.05) is 5.69 Å². The molecule has 0 saturated heterocycles. The van der Waals surface area contributed by atoms with Crippen molar-refractivity contribution < 1.29 is 9.90 Å². The fourth-order valence-corrected chi connectivity index (χ4v) is 2.09. The summed E-state index contributed by atoms with van der Waals surface area (Å²) in [7, 11) is 0. The monoisotopic (exact) mass is 255 g/mol. The van der Waals surface area contributed by atoms with E-state index in [9.17, 15) is 9.90 Å². The molecule has 3 nitrogen and oxygen atoms in total. The third kappa shape index (κ3) is 3.13. The Morgan fingerprint density at radius 3 is 2.37 bits per heavy atom. The Morgan fingerprint density at radius 2 is 1.79 bits per heavy atom. The molecule has 1 unspecified atom stereocenters. The van der Waals surface area contributed by atoms with Crippen LogP contribution in [0.25, 0.3) is 0 Å². The van der Waals surface area contributed by atoms with Crippen molar-refractivity contribution in [2.75, 3.05) is 5.73 Å². The minimum atomic E-state index is -0.827. The average Bonchev–Trinajstić information content (AvgIpc) is 2.39. The number of carboxylic acid groups (broad SMARTS) is 1. The van der Waals surface area contributed by atoms with Crippen molar-refractivity contribution in [2.45, 2.75) is 19.3 Å². The highest BCUT2D eigenvalue weighted by atomic mass is 16.4. The maximum atomic E-state index is 11.5. The van der Waals surface area contributed by atoms with Gasteiger partial charge >= 0.3 is 5.97 Å². The first-order valence-electron chi connectivity index (χ1n) is 6.20. The molecular weight excluding hydrogens is 238 g/mol. The number of rotatable bonds is 4. The summed E-state index contributed by atoms with van der Waals surface area (Å²) in [6.07, 6.45) is 0.408. The van der Waals surface area contributed by atoms with Gasteiger partial charge in [-0.05, 0) is 30.5 Å². The molecule has 0 radical (unpaired) electrons. The highest BCUT2D eigenvalue weighted by Gasteiger charge is 2.20. The van der Waals surface area contributed by atoms with E-state index in [1.807, 2.05) is 49.4 Å². The van der Waals surface area contributed by atoms with Gasteiger partial charge in [0.05, 0.1) is 5.92 Å². The molecule has 19 heavy (non-hydrogen) atoms. The molecule has 3 heteroatoms. The molecule has 2 aromatic carbocycles. The molecule has 0 saturated carbocycles. The summed E-state index contributed by atoms with van der Waals surface area (Å²) >= 11 is 0. The molecule has 1 atom stereocenters. The minimum absolute atomic E-state index is 0.408. The van der Waals surface area contributed by atoms with Crippen molar-refractivity contribution in [2.24, 2.45) is 0 Å². The predicted octanol–water partition coefficient (Wildman–Crippen LogP) is 2.99. The van der Waals surface area contributed by atoms with E-state index in [-0.39, 0.29) is 0 Å². The number of aliphatic carboxylic acids is 1. The zero-order valence-electron chi connectivity index (χ0n) is 10.8. The van der Waals surface area contributed by atoms with E-state index < -0.39 is 11.9 Å².